The molecule has 0 fully saturated rings. The van der Waals surface area contributed by atoms with Crippen LogP contribution in [0.5, 0.6) is 0 Å². The van der Waals surface area contributed by atoms with E-state index in [-0.39, 0.29) is 26.9 Å². The van der Waals surface area contributed by atoms with Gasteiger partial charge in [-0.15, -0.1) is 0 Å². The van der Waals surface area contributed by atoms with E-state index in [2.05, 4.69) is 4.98 Å². The zero-order valence-corrected chi connectivity index (χ0v) is 7.48. The molecule has 1 heterocycles. The Hall–Kier alpha value is -0.0966. The van der Waals surface area contributed by atoms with E-state index >= 15 is 0 Å². The average molecular weight is 148 g/mol. The second kappa shape index (κ2) is 5.90. The van der Waals surface area contributed by atoms with Gasteiger partial charge in [-0.25, -0.2) is 0 Å². The van der Waals surface area contributed by atoms with Crippen LogP contribution in [0.1, 0.15) is 0 Å². The third-order valence-corrected chi connectivity index (χ3v) is 0.496. The first-order chi connectivity index (χ1) is 2.50. The second-order valence-electron chi connectivity index (χ2n) is 0.885. The van der Waals surface area contributed by atoms with Crippen LogP contribution in [0.15, 0.2) is 24.5 Å². The Morgan fingerprint density at radius 2 is 1.43 bits per heavy atom. The minimum absolute atomic E-state index is 0. The molecule has 0 aliphatic heterocycles. The van der Waals surface area contributed by atoms with E-state index in [1.54, 1.807) is 0 Å². The Balaban J connectivity index is 0. The van der Waals surface area contributed by atoms with Crippen molar-refractivity contribution in [2.24, 2.45) is 0 Å². The van der Waals surface area contributed by atoms with Crippen molar-refractivity contribution in [3.63, 3.8) is 0 Å². The molecule has 0 aliphatic carbocycles. The number of H-pyrrole nitrogens is 1. The first-order valence-electron chi connectivity index (χ1n) is 1.58. The summed E-state index contributed by atoms with van der Waals surface area (Å²) in [7, 11) is 0. The maximum Gasteiger partial charge on any atom is 0.000496 e. The number of hydrogen-bond acceptors (Lipinski definition) is 0. The molecule has 1 N–H and O–H groups in total. The summed E-state index contributed by atoms with van der Waals surface area (Å²) in [4.78, 5) is 2.86. The van der Waals surface area contributed by atoms with E-state index in [1.807, 2.05) is 24.5 Å². The number of nitrogens with one attached hydrogen (secondary N) is 1. The molecule has 0 spiro atoms. The van der Waals surface area contributed by atoms with Crippen molar-refractivity contribution in [2.45, 2.75) is 0 Å². The zero-order chi connectivity index (χ0) is 3.54. The molecule has 36 valence electrons. The fraction of sp³-hybridized carbons (Fsp3) is 0. The average Bonchev–Trinajstić information content (AvgIpc) is 1.76. The van der Waals surface area contributed by atoms with E-state index in [0.717, 1.165) is 0 Å². The van der Waals surface area contributed by atoms with Crippen molar-refractivity contribution in [1.82, 2.24) is 4.98 Å². The van der Waals surface area contributed by atoms with Gasteiger partial charge in [-0.2, -0.15) is 0 Å². The van der Waals surface area contributed by atoms with Crippen molar-refractivity contribution < 1.29 is 19.5 Å². The van der Waals surface area contributed by atoms with Crippen LogP contribution in [-0.4, -0.2) is 4.98 Å². The van der Waals surface area contributed by atoms with E-state index in [1.165, 1.54) is 0 Å². The van der Waals surface area contributed by atoms with Gasteiger partial charge >= 0.3 is 0 Å². The third kappa shape index (κ3) is 3.74. The Morgan fingerprint density at radius 3 is 1.57 bits per heavy atom. The SMILES string of the molecule is [CH3-].[Zn].c1cc[nH]c1. The van der Waals surface area contributed by atoms with Gasteiger partial charge in [0.1, 0.15) is 0 Å². The predicted molar refractivity (Wildman–Crippen MR) is 27.2 cm³/mol. The van der Waals surface area contributed by atoms with Crippen LogP contribution < -0.4 is 0 Å². The summed E-state index contributed by atoms with van der Waals surface area (Å²) in [5.74, 6) is 0. The van der Waals surface area contributed by atoms with Crippen molar-refractivity contribution in [2.75, 3.05) is 0 Å². The molecule has 7 heavy (non-hydrogen) atoms. The standard InChI is InChI=1S/C4H5N.CH3.Zn/c1-2-4-5-3-1;;/h1-5H;1H3;/q;-1;. The quantitative estimate of drug-likeness (QED) is 0.423. The summed E-state index contributed by atoms with van der Waals surface area (Å²) in [5, 5.41) is 0. The summed E-state index contributed by atoms with van der Waals surface area (Å²) in [5.41, 5.74) is 0. The summed E-state index contributed by atoms with van der Waals surface area (Å²) < 4.78 is 0. The fourth-order valence-corrected chi connectivity index (χ4v) is 0.278. The fourth-order valence-electron chi connectivity index (χ4n) is 0.278. The molecule has 0 bridgehead atoms. The number of rotatable bonds is 0. The number of aromatic amines is 1. The van der Waals surface area contributed by atoms with Gasteiger partial charge in [0.15, 0.2) is 0 Å². The predicted octanol–water partition coefficient (Wildman–Crippen LogP) is 1.46. The molecule has 1 nitrogen and oxygen atoms in total. The smallest absolute Gasteiger partial charge is 0.000496 e. The maximum atomic E-state index is 2.86. The van der Waals surface area contributed by atoms with Gasteiger partial charge in [-0.3, -0.25) is 0 Å². The molecule has 0 amide bonds. The van der Waals surface area contributed by atoms with Gasteiger partial charge in [-0.05, 0) is 12.1 Å². The Morgan fingerprint density at radius 1 is 1.00 bits per heavy atom. The number of hydrogen-bond donors (Lipinski definition) is 1. The molecule has 0 unspecified atom stereocenters. The van der Waals surface area contributed by atoms with Gasteiger partial charge in [0.2, 0.25) is 0 Å². The molecule has 0 aromatic carbocycles. The first kappa shape index (κ1) is 10.0. The Labute approximate surface area is 56.9 Å². The van der Waals surface area contributed by atoms with Crippen molar-refractivity contribution in [1.29, 1.82) is 0 Å². The van der Waals surface area contributed by atoms with Gasteiger partial charge < -0.3 is 12.4 Å². The molecule has 0 saturated carbocycles. The molecular formula is C5H8NZn-. The van der Waals surface area contributed by atoms with Crippen LogP contribution in [0.4, 0.5) is 0 Å². The molecule has 0 radical (unpaired) electrons. The summed E-state index contributed by atoms with van der Waals surface area (Å²) in [6.07, 6.45) is 3.75. The summed E-state index contributed by atoms with van der Waals surface area (Å²) >= 11 is 0. The largest absolute Gasteiger partial charge is 0.368 e. The van der Waals surface area contributed by atoms with Crippen LogP contribution >= 0.6 is 0 Å². The van der Waals surface area contributed by atoms with Crippen LogP contribution in [-0.2, 0) is 19.5 Å². The van der Waals surface area contributed by atoms with E-state index in [9.17, 15) is 0 Å². The molecule has 2 heteroatoms. The normalized spacial score (nSPS) is 5.71. The van der Waals surface area contributed by atoms with Crippen LogP contribution in [0.2, 0.25) is 0 Å². The summed E-state index contributed by atoms with van der Waals surface area (Å²) in [6, 6.07) is 3.89. The summed E-state index contributed by atoms with van der Waals surface area (Å²) in [6.45, 7) is 0. The van der Waals surface area contributed by atoms with E-state index in [0.29, 0.717) is 0 Å². The number of aromatic nitrogens is 1. The van der Waals surface area contributed by atoms with Gasteiger partial charge in [0.05, 0.1) is 0 Å². The molecule has 0 saturated heterocycles. The van der Waals surface area contributed by atoms with Crippen molar-refractivity contribution in [3.05, 3.63) is 32.0 Å². The molecule has 1 rings (SSSR count). The molecule has 1 aromatic heterocycles. The zero-order valence-electron chi connectivity index (χ0n) is 4.52. The Kier molecular flexibility index (Phi) is 8.44. The molecule has 0 atom stereocenters. The molecular weight excluding hydrogens is 139 g/mol. The van der Waals surface area contributed by atoms with Crippen LogP contribution in [0, 0.1) is 7.43 Å². The minimum atomic E-state index is 0. The monoisotopic (exact) mass is 146 g/mol. The van der Waals surface area contributed by atoms with Gasteiger partial charge in [0, 0.05) is 31.9 Å². The maximum absolute atomic E-state index is 2.86. The Bertz CT molecular complexity index is 64.6. The second-order valence-corrected chi connectivity index (χ2v) is 0.885. The van der Waals surface area contributed by atoms with Crippen molar-refractivity contribution >= 4 is 0 Å². The third-order valence-electron chi connectivity index (χ3n) is 0.496. The molecule has 0 aliphatic rings. The molecule has 1 aromatic rings. The first-order valence-corrected chi connectivity index (χ1v) is 1.58. The topological polar surface area (TPSA) is 15.8 Å². The van der Waals surface area contributed by atoms with Gasteiger partial charge in [0.25, 0.3) is 0 Å². The van der Waals surface area contributed by atoms with Crippen molar-refractivity contribution in [3.8, 4) is 0 Å². The van der Waals surface area contributed by atoms with Gasteiger partial charge in [-0.1, -0.05) is 0 Å². The van der Waals surface area contributed by atoms with Crippen LogP contribution in [0.3, 0.4) is 0 Å². The minimum Gasteiger partial charge on any atom is -0.368 e. The van der Waals surface area contributed by atoms with Crippen LogP contribution in [0.25, 0.3) is 0 Å². The van der Waals surface area contributed by atoms with E-state index < -0.39 is 0 Å². The van der Waals surface area contributed by atoms with E-state index in [4.69, 9.17) is 0 Å².